The van der Waals surface area contributed by atoms with Crippen molar-refractivity contribution in [2.45, 2.75) is 71.9 Å². The Hall–Kier alpha value is -3.73. The molecule has 0 spiro atoms. The van der Waals surface area contributed by atoms with Gasteiger partial charge < -0.3 is 19.1 Å². The molecule has 2 aromatic carbocycles. The van der Waals surface area contributed by atoms with Gasteiger partial charge >= 0.3 is 6.09 Å². The number of aromatic nitrogens is 3. The summed E-state index contributed by atoms with van der Waals surface area (Å²) in [6.07, 6.45) is -0.247. The van der Waals surface area contributed by atoms with Gasteiger partial charge in [0.05, 0.1) is 5.69 Å². The van der Waals surface area contributed by atoms with Crippen LogP contribution in [0.5, 0.6) is 5.75 Å². The van der Waals surface area contributed by atoms with E-state index in [1.807, 2.05) is 69.3 Å². The third-order valence-electron chi connectivity index (χ3n) is 7.64. The Kier molecular flexibility index (Phi) is 10.3. The lowest BCUT2D eigenvalue weighted by Gasteiger charge is -2.35. The number of benzene rings is 2. The molecule has 4 aromatic rings. The van der Waals surface area contributed by atoms with Crippen molar-refractivity contribution >= 4 is 25.3 Å². The van der Waals surface area contributed by atoms with Crippen LogP contribution in [-0.2, 0) is 29.4 Å². The van der Waals surface area contributed by atoms with Crippen LogP contribution in [0.4, 0.5) is 4.79 Å². The number of rotatable bonds is 11. The highest BCUT2D eigenvalue weighted by molar-refractivity contribution is 6.76. The molecule has 1 aliphatic rings. The van der Waals surface area contributed by atoms with Gasteiger partial charge in [0.1, 0.15) is 36.0 Å². The fraction of sp³-hybridized carbons (Fsp3) is 0.457. The molecule has 9 nitrogen and oxygen atoms in total. The minimum absolute atomic E-state index is 0.247. The number of amides is 1. The summed E-state index contributed by atoms with van der Waals surface area (Å²) in [4.78, 5) is 26.7. The third kappa shape index (κ3) is 9.38. The summed E-state index contributed by atoms with van der Waals surface area (Å²) < 4.78 is 19.9. The average Bonchev–Trinajstić information content (AvgIpc) is 3.36. The molecule has 0 bridgehead atoms. The quantitative estimate of drug-likeness (QED) is 0.130. The van der Waals surface area contributed by atoms with Gasteiger partial charge in [-0.3, -0.25) is 9.47 Å². The van der Waals surface area contributed by atoms with Gasteiger partial charge in [-0.05, 0) is 68.8 Å². The standard InChI is InChI=1S/C35H47N5O4Si/c1-35(2,3)44-34(41)39-20-18-38(19-21-39)24-29-14-17-31-33(36-29)40(26-42-22-23-45(4,5)6)32(37-31)28-12-15-30(16-13-28)43-25-27-10-8-7-9-11-27/h7-17H,18-26H2,1-6H3. The molecular weight excluding hydrogens is 583 g/mol. The second-order valence-corrected chi connectivity index (χ2v) is 19.5. The predicted octanol–water partition coefficient (Wildman–Crippen LogP) is 7.04. The van der Waals surface area contributed by atoms with Crippen LogP contribution in [0.15, 0.2) is 66.7 Å². The monoisotopic (exact) mass is 629 g/mol. The lowest BCUT2D eigenvalue weighted by molar-refractivity contribution is 0.0138. The van der Waals surface area contributed by atoms with Crippen molar-refractivity contribution in [3.8, 4) is 17.1 Å². The molecule has 3 heterocycles. The molecule has 0 atom stereocenters. The smallest absolute Gasteiger partial charge is 0.410 e. The van der Waals surface area contributed by atoms with Gasteiger partial charge in [-0.25, -0.2) is 14.8 Å². The lowest BCUT2D eigenvalue weighted by Crippen LogP contribution is -2.49. The number of nitrogens with zero attached hydrogens (tertiary/aromatic N) is 5. The maximum atomic E-state index is 12.5. The van der Waals surface area contributed by atoms with Gasteiger partial charge in [0.25, 0.3) is 0 Å². The summed E-state index contributed by atoms with van der Waals surface area (Å²) in [6.45, 7) is 17.9. The molecule has 0 unspecified atom stereocenters. The van der Waals surface area contributed by atoms with Gasteiger partial charge in [0.15, 0.2) is 5.65 Å². The van der Waals surface area contributed by atoms with Crippen LogP contribution in [0.2, 0.25) is 25.7 Å². The molecule has 2 aromatic heterocycles. The molecule has 5 rings (SSSR count). The molecule has 240 valence electrons. The topological polar surface area (TPSA) is 82.0 Å². The molecule has 1 fully saturated rings. The fourth-order valence-electron chi connectivity index (χ4n) is 5.09. The molecule has 0 aliphatic carbocycles. The van der Waals surface area contributed by atoms with Crippen LogP contribution in [0.1, 0.15) is 32.0 Å². The van der Waals surface area contributed by atoms with E-state index in [1.54, 1.807) is 4.90 Å². The first-order chi connectivity index (χ1) is 21.4. The Morgan fingerprint density at radius 2 is 1.60 bits per heavy atom. The van der Waals surface area contributed by atoms with Crippen molar-refractivity contribution < 1.29 is 19.0 Å². The van der Waals surface area contributed by atoms with E-state index in [4.69, 9.17) is 24.2 Å². The van der Waals surface area contributed by atoms with E-state index >= 15 is 0 Å². The summed E-state index contributed by atoms with van der Waals surface area (Å²) in [7, 11) is -1.22. The second-order valence-electron chi connectivity index (χ2n) is 13.9. The highest BCUT2D eigenvalue weighted by Gasteiger charge is 2.26. The molecule has 45 heavy (non-hydrogen) atoms. The van der Waals surface area contributed by atoms with Crippen LogP contribution in [-0.4, -0.2) is 76.9 Å². The van der Waals surface area contributed by atoms with Crippen molar-refractivity contribution in [1.82, 2.24) is 24.3 Å². The van der Waals surface area contributed by atoms with E-state index in [0.29, 0.717) is 39.6 Å². The van der Waals surface area contributed by atoms with E-state index in [9.17, 15) is 4.79 Å². The van der Waals surface area contributed by atoms with E-state index in [-0.39, 0.29) is 6.09 Å². The summed E-state index contributed by atoms with van der Waals surface area (Å²) in [6, 6.07) is 23.4. The van der Waals surface area contributed by atoms with E-state index in [2.05, 4.69) is 47.3 Å². The number of imidazole rings is 1. The first-order valence-corrected chi connectivity index (χ1v) is 19.6. The van der Waals surface area contributed by atoms with Gasteiger partial charge in [-0.1, -0.05) is 50.0 Å². The molecule has 1 aliphatic heterocycles. The summed E-state index contributed by atoms with van der Waals surface area (Å²) in [5, 5.41) is 0. The van der Waals surface area contributed by atoms with Crippen LogP contribution in [0.25, 0.3) is 22.6 Å². The Morgan fingerprint density at radius 1 is 0.889 bits per heavy atom. The van der Waals surface area contributed by atoms with Crippen LogP contribution < -0.4 is 4.74 Å². The molecular formula is C35H47N5O4Si. The zero-order chi connectivity index (χ0) is 32.0. The fourth-order valence-corrected chi connectivity index (χ4v) is 5.85. The van der Waals surface area contributed by atoms with Crippen LogP contribution in [0.3, 0.4) is 0 Å². The Balaban J connectivity index is 1.31. The highest BCUT2D eigenvalue weighted by atomic mass is 28.3. The van der Waals surface area contributed by atoms with Crippen molar-refractivity contribution in [2.75, 3.05) is 32.8 Å². The van der Waals surface area contributed by atoms with Gasteiger partial charge in [-0.2, -0.15) is 0 Å². The number of carbonyl (C=O) groups is 1. The molecule has 10 heteroatoms. The lowest BCUT2D eigenvalue weighted by atomic mass is 10.2. The van der Waals surface area contributed by atoms with Crippen molar-refractivity contribution in [1.29, 1.82) is 0 Å². The molecule has 1 amide bonds. The number of fused-ring (bicyclic) bond motifs is 1. The number of piperazine rings is 1. The van der Waals surface area contributed by atoms with Crippen molar-refractivity contribution in [3.05, 3.63) is 78.0 Å². The maximum Gasteiger partial charge on any atom is 0.410 e. The third-order valence-corrected chi connectivity index (χ3v) is 9.34. The van der Waals surface area contributed by atoms with Crippen molar-refractivity contribution in [2.24, 2.45) is 0 Å². The zero-order valence-corrected chi connectivity index (χ0v) is 28.6. The maximum absolute atomic E-state index is 12.5. The van der Waals surface area contributed by atoms with Crippen molar-refractivity contribution in [3.63, 3.8) is 0 Å². The second kappa shape index (κ2) is 14.1. The number of carbonyl (C=O) groups excluding carboxylic acids is 1. The summed E-state index contributed by atoms with van der Waals surface area (Å²) in [5.41, 5.74) is 4.23. The van der Waals surface area contributed by atoms with E-state index in [0.717, 1.165) is 58.7 Å². The Labute approximate surface area is 268 Å². The minimum atomic E-state index is -1.22. The first kappa shape index (κ1) is 32.7. The largest absolute Gasteiger partial charge is 0.489 e. The molecule has 0 N–H and O–H groups in total. The minimum Gasteiger partial charge on any atom is -0.489 e. The zero-order valence-electron chi connectivity index (χ0n) is 27.6. The van der Waals surface area contributed by atoms with Gasteiger partial charge in [0, 0.05) is 53.0 Å². The predicted molar refractivity (Wildman–Crippen MR) is 181 cm³/mol. The normalized spacial score (nSPS) is 14.6. The number of hydrogen-bond donors (Lipinski definition) is 0. The number of pyridine rings is 1. The summed E-state index contributed by atoms with van der Waals surface area (Å²) >= 11 is 0. The highest BCUT2D eigenvalue weighted by Crippen LogP contribution is 2.27. The Bertz CT molecular complexity index is 1550. The van der Waals surface area contributed by atoms with Gasteiger partial charge in [-0.15, -0.1) is 0 Å². The van der Waals surface area contributed by atoms with Crippen LogP contribution in [0, 0.1) is 0 Å². The average molecular weight is 630 g/mol. The Morgan fingerprint density at radius 3 is 2.27 bits per heavy atom. The van der Waals surface area contributed by atoms with E-state index < -0.39 is 13.7 Å². The summed E-state index contributed by atoms with van der Waals surface area (Å²) in [5.74, 6) is 1.63. The molecule has 0 radical (unpaired) electrons. The van der Waals surface area contributed by atoms with Crippen LogP contribution >= 0.6 is 0 Å². The number of hydrogen-bond acceptors (Lipinski definition) is 7. The van der Waals surface area contributed by atoms with E-state index in [1.165, 1.54) is 0 Å². The first-order valence-electron chi connectivity index (χ1n) is 15.8. The number of ether oxygens (including phenoxy) is 3. The van der Waals surface area contributed by atoms with Gasteiger partial charge in [0.2, 0.25) is 0 Å². The molecule has 0 saturated carbocycles. The molecule has 1 saturated heterocycles. The SMILES string of the molecule is CC(C)(C)OC(=O)N1CCN(Cc2ccc3nc(-c4ccc(OCc5ccccc5)cc4)n(COCC[Si](C)(C)C)c3n2)CC1.